The summed E-state index contributed by atoms with van der Waals surface area (Å²) in [6.07, 6.45) is 0.805. The van der Waals surface area contributed by atoms with Crippen LogP contribution in [0.15, 0.2) is 42.5 Å². The Bertz CT molecular complexity index is 998. The van der Waals surface area contributed by atoms with Gasteiger partial charge >= 0.3 is 6.18 Å². The van der Waals surface area contributed by atoms with Crippen molar-refractivity contribution in [1.29, 1.82) is 0 Å². The number of nitrogens with one attached hydrogen (secondary N) is 1. The summed E-state index contributed by atoms with van der Waals surface area (Å²) in [7, 11) is 1.50. The zero-order valence-corrected chi connectivity index (χ0v) is 22.2. The number of benzene rings is 2. The molecular weight excluding hydrogens is 479 g/mol. The number of ether oxygens (including phenoxy) is 2. The second-order valence-electron chi connectivity index (χ2n) is 10.4. The number of nitrogens with zero attached hydrogens (tertiary/aromatic N) is 2. The fourth-order valence-corrected chi connectivity index (χ4v) is 5.61. The average Bonchev–Trinajstić information content (AvgIpc) is 2.89. The lowest BCUT2D eigenvalue weighted by atomic mass is 9.89. The molecule has 8 heteroatoms. The van der Waals surface area contributed by atoms with E-state index in [1.165, 1.54) is 24.9 Å². The molecule has 1 saturated carbocycles. The van der Waals surface area contributed by atoms with Crippen LogP contribution in [0.5, 0.6) is 11.5 Å². The number of piperazine rings is 1. The van der Waals surface area contributed by atoms with Crippen molar-refractivity contribution in [3.05, 3.63) is 53.6 Å². The first-order chi connectivity index (χ1) is 17.7. The van der Waals surface area contributed by atoms with Gasteiger partial charge in [-0.15, -0.1) is 0 Å². The molecule has 0 bridgehead atoms. The maximum atomic E-state index is 13.1. The highest BCUT2D eigenvalue weighted by Gasteiger charge is 2.31. The van der Waals surface area contributed by atoms with Crippen LogP contribution in [0, 0.1) is 0 Å². The molecule has 4 rings (SSSR count). The Hall–Kier alpha value is -2.45. The minimum atomic E-state index is -4.34. The van der Waals surface area contributed by atoms with E-state index < -0.39 is 11.7 Å². The minimum absolute atomic E-state index is 0.151. The Labute approximate surface area is 218 Å². The molecule has 2 aromatic carbocycles. The summed E-state index contributed by atoms with van der Waals surface area (Å²) in [4.78, 5) is 5.07. The van der Waals surface area contributed by atoms with Gasteiger partial charge in [0.1, 0.15) is 11.5 Å². The Morgan fingerprint density at radius 2 is 1.65 bits per heavy atom. The van der Waals surface area contributed by atoms with Crippen molar-refractivity contribution in [2.45, 2.75) is 70.3 Å². The van der Waals surface area contributed by atoms with Crippen molar-refractivity contribution in [2.24, 2.45) is 0 Å². The van der Waals surface area contributed by atoms with E-state index in [4.69, 9.17) is 9.47 Å². The molecule has 0 aromatic heterocycles. The fraction of sp³-hybridized carbons (Fsp3) is 0.586. The van der Waals surface area contributed by atoms with Gasteiger partial charge in [0.15, 0.2) is 0 Å². The second-order valence-corrected chi connectivity index (χ2v) is 10.4. The van der Waals surface area contributed by atoms with Crippen molar-refractivity contribution in [1.82, 2.24) is 10.2 Å². The van der Waals surface area contributed by atoms with Crippen LogP contribution in [-0.4, -0.2) is 62.9 Å². The van der Waals surface area contributed by atoms with E-state index in [0.717, 1.165) is 63.7 Å². The quantitative estimate of drug-likeness (QED) is 0.456. The lowest BCUT2D eigenvalue weighted by Gasteiger charge is -2.43. The molecule has 1 saturated heterocycles. The number of halogens is 3. The Morgan fingerprint density at radius 3 is 2.30 bits per heavy atom. The van der Waals surface area contributed by atoms with Gasteiger partial charge in [-0.2, -0.15) is 13.2 Å². The van der Waals surface area contributed by atoms with E-state index in [1.54, 1.807) is 0 Å². The minimum Gasteiger partial charge on any atom is -0.496 e. The maximum Gasteiger partial charge on any atom is 0.416 e. The number of hydrogen-bond donors (Lipinski definition) is 1. The summed E-state index contributed by atoms with van der Waals surface area (Å²) in [5.74, 6) is 1.47. The van der Waals surface area contributed by atoms with E-state index in [1.807, 2.05) is 6.07 Å². The summed E-state index contributed by atoms with van der Waals surface area (Å²) in [5, 5.41) is 3.58. The zero-order valence-electron chi connectivity index (χ0n) is 22.2. The average molecular weight is 520 g/mol. The number of alkyl halides is 3. The van der Waals surface area contributed by atoms with E-state index in [-0.39, 0.29) is 6.10 Å². The molecule has 0 amide bonds. The lowest BCUT2D eigenvalue weighted by molar-refractivity contribution is -0.137. The van der Waals surface area contributed by atoms with Gasteiger partial charge in [-0.1, -0.05) is 12.1 Å². The van der Waals surface area contributed by atoms with Crippen LogP contribution in [-0.2, 0) is 12.6 Å². The zero-order chi connectivity index (χ0) is 26.4. The molecule has 2 aromatic rings. The van der Waals surface area contributed by atoms with Crippen LogP contribution >= 0.6 is 0 Å². The van der Waals surface area contributed by atoms with Crippen LogP contribution in [0.3, 0.4) is 0 Å². The molecule has 0 radical (unpaired) electrons. The summed E-state index contributed by atoms with van der Waals surface area (Å²) in [6, 6.07) is 13.0. The molecule has 0 atom stereocenters. The third-order valence-electron chi connectivity index (χ3n) is 7.53. The monoisotopic (exact) mass is 519 g/mol. The van der Waals surface area contributed by atoms with Gasteiger partial charge in [0.2, 0.25) is 0 Å². The third kappa shape index (κ3) is 7.32. The molecule has 1 heterocycles. The highest BCUT2D eigenvalue weighted by atomic mass is 19.4. The van der Waals surface area contributed by atoms with Gasteiger partial charge < -0.3 is 19.7 Å². The number of anilines is 1. The van der Waals surface area contributed by atoms with Crippen LogP contribution in [0.1, 0.15) is 50.7 Å². The molecular formula is C29H40F3N3O2. The van der Waals surface area contributed by atoms with Gasteiger partial charge in [0.25, 0.3) is 0 Å². The van der Waals surface area contributed by atoms with Crippen LogP contribution in [0.25, 0.3) is 0 Å². The number of para-hydroxylation sites is 2. The van der Waals surface area contributed by atoms with Crippen molar-refractivity contribution in [3.8, 4) is 11.5 Å². The Morgan fingerprint density at radius 1 is 0.946 bits per heavy atom. The summed E-state index contributed by atoms with van der Waals surface area (Å²) in [6.45, 7) is 8.85. The highest BCUT2D eigenvalue weighted by molar-refractivity contribution is 5.58. The second kappa shape index (κ2) is 12.4. The predicted octanol–water partition coefficient (Wildman–Crippen LogP) is 5.77. The third-order valence-corrected chi connectivity index (χ3v) is 7.53. The normalized spacial score (nSPS) is 21.3. The predicted molar refractivity (Wildman–Crippen MR) is 142 cm³/mol. The van der Waals surface area contributed by atoms with Gasteiger partial charge in [-0.05, 0) is 88.4 Å². The molecule has 0 spiro atoms. The SMILES string of the molecule is COc1ccc(C(F)(F)F)cc1CCNC1CCC(N2CCN(c3ccccc3OC(C)C)CC2)CC1. The van der Waals surface area contributed by atoms with E-state index in [9.17, 15) is 13.2 Å². The lowest BCUT2D eigenvalue weighted by Crippen LogP contribution is -2.52. The molecule has 1 aliphatic heterocycles. The van der Waals surface area contributed by atoms with Crippen LogP contribution < -0.4 is 19.7 Å². The topological polar surface area (TPSA) is 37.0 Å². The first-order valence-corrected chi connectivity index (χ1v) is 13.5. The fourth-order valence-electron chi connectivity index (χ4n) is 5.61. The number of hydrogen-bond acceptors (Lipinski definition) is 5. The largest absolute Gasteiger partial charge is 0.496 e. The van der Waals surface area contributed by atoms with E-state index in [0.29, 0.717) is 36.4 Å². The Kier molecular flexibility index (Phi) is 9.24. The molecule has 1 N–H and O–H groups in total. The van der Waals surface area contributed by atoms with Gasteiger partial charge in [0.05, 0.1) is 24.5 Å². The van der Waals surface area contributed by atoms with Crippen molar-refractivity contribution < 1.29 is 22.6 Å². The molecule has 204 valence electrons. The first-order valence-electron chi connectivity index (χ1n) is 13.5. The molecule has 2 aliphatic rings. The summed E-state index contributed by atoms with van der Waals surface area (Å²) in [5.41, 5.74) is 1.15. The molecule has 5 nitrogen and oxygen atoms in total. The smallest absolute Gasteiger partial charge is 0.416 e. The van der Waals surface area contributed by atoms with Crippen LogP contribution in [0.4, 0.5) is 18.9 Å². The van der Waals surface area contributed by atoms with Gasteiger partial charge in [-0.25, -0.2) is 0 Å². The standard InChI is InChI=1S/C29H40F3N3O2/c1-21(2)37-28-7-5-4-6-26(28)35-18-16-34(17-19-35)25-11-9-24(10-12-25)33-15-14-22-20-23(29(30,31)32)8-13-27(22)36-3/h4-8,13,20-21,24-25,33H,9-12,14-19H2,1-3H3. The summed E-state index contributed by atoms with van der Waals surface area (Å²) >= 11 is 0. The molecule has 37 heavy (non-hydrogen) atoms. The van der Waals surface area contributed by atoms with Crippen LogP contribution in [0.2, 0.25) is 0 Å². The van der Waals surface area contributed by atoms with Crippen molar-refractivity contribution in [3.63, 3.8) is 0 Å². The van der Waals surface area contributed by atoms with E-state index in [2.05, 4.69) is 47.2 Å². The number of rotatable bonds is 9. The molecule has 2 fully saturated rings. The molecule has 0 unspecified atom stereocenters. The maximum absolute atomic E-state index is 13.1. The van der Waals surface area contributed by atoms with Gasteiger partial charge in [-0.3, -0.25) is 4.90 Å². The van der Waals surface area contributed by atoms with Crippen molar-refractivity contribution >= 4 is 5.69 Å². The van der Waals surface area contributed by atoms with E-state index >= 15 is 0 Å². The highest BCUT2D eigenvalue weighted by Crippen LogP contribution is 2.33. The molecule has 1 aliphatic carbocycles. The number of methoxy groups -OCH3 is 1. The Balaban J connectivity index is 1.21. The first kappa shape index (κ1) is 27.6. The van der Waals surface area contributed by atoms with Gasteiger partial charge in [0, 0.05) is 38.3 Å². The summed E-state index contributed by atoms with van der Waals surface area (Å²) < 4.78 is 50.6. The van der Waals surface area contributed by atoms with Crippen molar-refractivity contribution in [2.75, 3.05) is 44.7 Å².